The molecule has 1 amide bonds. The highest BCUT2D eigenvalue weighted by Gasteiger charge is 2.30. The van der Waals surface area contributed by atoms with Gasteiger partial charge in [0.25, 0.3) is 0 Å². The third kappa shape index (κ3) is 4.35. The second kappa shape index (κ2) is 6.81. The molecular weight excluding hydrogens is 244 g/mol. The first-order valence-corrected chi connectivity index (χ1v) is 7.17. The smallest absolute Gasteiger partial charge is 0.237 e. The normalized spacial score (nSPS) is 15.9. The lowest BCUT2D eigenvalue weighted by molar-refractivity contribution is -0.123. The third-order valence-electron chi connectivity index (χ3n) is 3.17. The fraction of sp³-hybridized carbons (Fsp3) is 0.500. The molecule has 1 aromatic carbocycles. The summed E-state index contributed by atoms with van der Waals surface area (Å²) in [6.07, 6.45) is 0.732. The van der Waals surface area contributed by atoms with Crippen molar-refractivity contribution in [1.29, 1.82) is 0 Å². The van der Waals surface area contributed by atoms with Gasteiger partial charge in [-0.15, -0.1) is 0 Å². The molecular formula is C14H22N2OS. The summed E-state index contributed by atoms with van der Waals surface area (Å²) in [7, 11) is 1.78. The van der Waals surface area contributed by atoms with Crippen molar-refractivity contribution in [1.82, 2.24) is 5.32 Å². The highest BCUT2D eigenvalue weighted by atomic mass is 32.2. The lowest BCUT2D eigenvalue weighted by atomic mass is 9.95. The fourth-order valence-electron chi connectivity index (χ4n) is 1.77. The standard InChI is InChI=1S/C14H22N2OS/c1-11(9-14(2,16-3)13(15)17)18-10-12-7-5-4-6-8-12/h4-8,11,16H,9-10H2,1-3H3,(H2,15,17). The summed E-state index contributed by atoms with van der Waals surface area (Å²) < 4.78 is 0. The Balaban J connectivity index is 2.47. The van der Waals surface area contributed by atoms with Crippen LogP contribution < -0.4 is 11.1 Å². The highest BCUT2D eigenvalue weighted by molar-refractivity contribution is 7.99. The van der Waals surface area contributed by atoms with Gasteiger partial charge in [-0.05, 0) is 26.0 Å². The van der Waals surface area contributed by atoms with Crippen LogP contribution in [0.5, 0.6) is 0 Å². The van der Waals surface area contributed by atoms with Crippen LogP contribution in [-0.4, -0.2) is 23.7 Å². The van der Waals surface area contributed by atoms with Gasteiger partial charge in [-0.25, -0.2) is 0 Å². The second-order valence-electron chi connectivity index (χ2n) is 4.76. The first-order chi connectivity index (χ1) is 8.48. The molecule has 0 heterocycles. The summed E-state index contributed by atoms with van der Waals surface area (Å²) in [6, 6.07) is 10.3. The molecule has 0 saturated heterocycles. The summed E-state index contributed by atoms with van der Waals surface area (Å²) in [6.45, 7) is 3.99. The number of likely N-dealkylation sites (N-methyl/N-ethyl adjacent to an activating group) is 1. The molecule has 0 saturated carbocycles. The maximum Gasteiger partial charge on any atom is 0.237 e. The van der Waals surface area contributed by atoms with Crippen LogP contribution in [0.2, 0.25) is 0 Å². The number of nitrogens with two attached hydrogens (primary N) is 1. The number of rotatable bonds is 7. The number of carbonyl (C=O) groups is 1. The molecule has 3 N–H and O–H groups in total. The first-order valence-electron chi connectivity index (χ1n) is 6.12. The molecule has 1 aromatic rings. The van der Waals surface area contributed by atoms with Gasteiger partial charge in [0.05, 0.1) is 5.54 Å². The van der Waals surface area contributed by atoms with Crippen molar-refractivity contribution < 1.29 is 4.79 Å². The van der Waals surface area contributed by atoms with Crippen LogP contribution in [0.3, 0.4) is 0 Å². The average Bonchev–Trinajstić information content (AvgIpc) is 2.37. The molecule has 2 atom stereocenters. The largest absolute Gasteiger partial charge is 0.368 e. The number of hydrogen-bond acceptors (Lipinski definition) is 3. The number of primary amides is 1. The van der Waals surface area contributed by atoms with Crippen LogP contribution in [0.1, 0.15) is 25.8 Å². The molecule has 4 heteroatoms. The molecule has 100 valence electrons. The van der Waals surface area contributed by atoms with Gasteiger partial charge in [0, 0.05) is 11.0 Å². The predicted molar refractivity (Wildman–Crippen MR) is 78.5 cm³/mol. The second-order valence-corrected chi connectivity index (χ2v) is 6.18. The van der Waals surface area contributed by atoms with Crippen molar-refractivity contribution in [3.05, 3.63) is 35.9 Å². The van der Waals surface area contributed by atoms with Gasteiger partial charge in [0.15, 0.2) is 0 Å². The van der Waals surface area contributed by atoms with Crippen molar-refractivity contribution >= 4 is 17.7 Å². The fourth-order valence-corrected chi connectivity index (χ4v) is 2.89. The van der Waals surface area contributed by atoms with E-state index in [0.717, 1.165) is 12.2 Å². The number of hydrogen-bond donors (Lipinski definition) is 2. The van der Waals surface area contributed by atoms with Gasteiger partial charge in [0.1, 0.15) is 0 Å². The molecule has 0 radical (unpaired) electrons. The average molecular weight is 266 g/mol. The molecule has 0 aliphatic rings. The zero-order chi connectivity index (χ0) is 13.6. The van der Waals surface area contributed by atoms with Crippen LogP contribution >= 0.6 is 11.8 Å². The predicted octanol–water partition coefficient (Wildman–Crippen LogP) is 2.16. The maximum atomic E-state index is 11.4. The van der Waals surface area contributed by atoms with Gasteiger partial charge in [-0.2, -0.15) is 11.8 Å². The Labute approximate surface area is 114 Å². The third-order valence-corrected chi connectivity index (χ3v) is 4.40. The van der Waals surface area contributed by atoms with Crippen LogP contribution in [0.15, 0.2) is 30.3 Å². The van der Waals surface area contributed by atoms with E-state index in [-0.39, 0.29) is 5.91 Å². The summed E-state index contributed by atoms with van der Waals surface area (Å²) in [4.78, 5) is 11.4. The maximum absolute atomic E-state index is 11.4. The molecule has 3 nitrogen and oxygen atoms in total. The minimum atomic E-state index is -0.622. The monoisotopic (exact) mass is 266 g/mol. The molecule has 0 aliphatic carbocycles. The Morgan fingerprint density at radius 1 is 1.44 bits per heavy atom. The summed E-state index contributed by atoms with van der Waals surface area (Å²) >= 11 is 1.84. The van der Waals surface area contributed by atoms with Gasteiger partial charge in [-0.1, -0.05) is 37.3 Å². The Kier molecular flexibility index (Phi) is 5.69. The van der Waals surface area contributed by atoms with Crippen molar-refractivity contribution in [3.63, 3.8) is 0 Å². The van der Waals surface area contributed by atoms with Gasteiger partial charge >= 0.3 is 0 Å². The number of nitrogens with one attached hydrogen (secondary N) is 1. The van der Waals surface area contributed by atoms with E-state index in [9.17, 15) is 4.79 Å². The van der Waals surface area contributed by atoms with Crippen molar-refractivity contribution in [2.75, 3.05) is 7.05 Å². The van der Waals surface area contributed by atoms with Crippen molar-refractivity contribution in [2.24, 2.45) is 5.73 Å². The number of thioether (sulfide) groups is 1. The molecule has 0 spiro atoms. The van der Waals surface area contributed by atoms with E-state index in [1.165, 1.54) is 5.56 Å². The highest BCUT2D eigenvalue weighted by Crippen LogP contribution is 2.24. The van der Waals surface area contributed by atoms with E-state index in [1.807, 2.05) is 36.9 Å². The van der Waals surface area contributed by atoms with E-state index in [4.69, 9.17) is 5.73 Å². The molecule has 1 rings (SSSR count). The minimum Gasteiger partial charge on any atom is -0.368 e. The summed E-state index contributed by atoms with van der Waals surface area (Å²) in [5.41, 5.74) is 6.11. The lowest BCUT2D eigenvalue weighted by Gasteiger charge is -2.28. The van der Waals surface area contributed by atoms with E-state index < -0.39 is 5.54 Å². The van der Waals surface area contributed by atoms with Gasteiger partial charge in [0.2, 0.25) is 5.91 Å². The Morgan fingerprint density at radius 2 is 2.06 bits per heavy atom. The quantitative estimate of drug-likeness (QED) is 0.795. The molecule has 0 aromatic heterocycles. The zero-order valence-corrected chi connectivity index (χ0v) is 12.1. The molecule has 0 aliphatic heterocycles. The Hall–Kier alpha value is -1.00. The van der Waals surface area contributed by atoms with E-state index in [0.29, 0.717) is 5.25 Å². The first kappa shape index (κ1) is 15.1. The molecule has 18 heavy (non-hydrogen) atoms. The summed E-state index contributed by atoms with van der Waals surface area (Å²) in [5, 5.41) is 3.39. The van der Waals surface area contributed by atoms with E-state index in [1.54, 1.807) is 7.05 Å². The number of carbonyl (C=O) groups excluding carboxylic acids is 1. The molecule has 0 fully saturated rings. The van der Waals surface area contributed by atoms with Gasteiger partial charge < -0.3 is 11.1 Å². The van der Waals surface area contributed by atoms with Gasteiger partial charge in [-0.3, -0.25) is 4.79 Å². The van der Waals surface area contributed by atoms with E-state index in [2.05, 4.69) is 24.4 Å². The zero-order valence-electron chi connectivity index (χ0n) is 11.3. The topological polar surface area (TPSA) is 55.1 Å². The molecule has 2 unspecified atom stereocenters. The Morgan fingerprint density at radius 3 is 2.56 bits per heavy atom. The van der Waals surface area contributed by atoms with Crippen LogP contribution in [0, 0.1) is 0 Å². The van der Waals surface area contributed by atoms with Crippen molar-refractivity contribution in [3.8, 4) is 0 Å². The Bertz CT molecular complexity index is 383. The minimum absolute atomic E-state index is 0.294. The number of benzene rings is 1. The van der Waals surface area contributed by atoms with E-state index >= 15 is 0 Å². The van der Waals surface area contributed by atoms with Crippen LogP contribution in [0.4, 0.5) is 0 Å². The van der Waals surface area contributed by atoms with Crippen LogP contribution in [0.25, 0.3) is 0 Å². The molecule has 0 bridgehead atoms. The van der Waals surface area contributed by atoms with Crippen LogP contribution in [-0.2, 0) is 10.5 Å². The number of amides is 1. The lowest BCUT2D eigenvalue weighted by Crippen LogP contribution is -2.52. The SMILES string of the molecule is CNC(C)(CC(C)SCc1ccccc1)C(N)=O. The summed E-state index contributed by atoms with van der Waals surface area (Å²) in [5.74, 6) is 0.665. The van der Waals surface area contributed by atoms with Crippen molar-refractivity contribution in [2.45, 2.75) is 36.8 Å².